The summed E-state index contributed by atoms with van der Waals surface area (Å²) in [7, 11) is 0. The average Bonchev–Trinajstić information content (AvgIpc) is 2.24. The predicted octanol–water partition coefficient (Wildman–Crippen LogP) is 3.43. The maximum atomic E-state index is 4.80. The van der Waals surface area contributed by atoms with Crippen LogP contribution < -0.4 is 0 Å². The van der Waals surface area contributed by atoms with Gasteiger partial charge in [0.1, 0.15) is 6.61 Å². The molecule has 0 bridgehead atoms. The summed E-state index contributed by atoms with van der Waals surface area (Å²) in [6, 6.07) is 0. The van der Waals surface area contributed by atoms with E-state index in [9.17, 15) is 0 Å². The molecule has 0 radical (unpaired) electrons. The first-order chi connectivity index (χ1) is 6.00. The Labute approximate surface area is 75.1 Å². The molecule has 2 aliphatic rings. The van der Waals surface area contributed by atoms with Gasteiger partial charge in [-0.05, 0) is 12.2 Å². The molecule has 1 fully saturated rings. The SMILES string of the molecule is C1=CCOC=C1.C1CCCCC1. The van der Waals surface area contributed by atoms with Crippen molar-refractivity contribution in [2.75, 3.05) is 6.61 Å². The molecule has 1 aliphatic carbocycles. The summed E-state index contributed by atoms with van der Waals surface area (Å²) in [5.74, 6) is 0. The third-order valence-corrected chi connectivity index (χ3v) is 2.11. The van der Waals surface area contributed by atoms with Crippen LogP contribution in [0.3, 0.4) is 0 Å². The molecule has 0 atom stereocenters. The van der Waals surface area contributed by atoms with Crippen LogP contribution in [-0.2, 0) is 4.74 Å². The smallest absolute Gasteiger partial charge is 0.106 e. The van der Waals surface area contributed by atoms with Crippen LogP contribution in [0.15, 0.2) is 24.5 Å². The molecule has 0 unspecified atom stereocenters. The summed E-state index contributed by atoms with van der Waals surface area (Å²) >= 11 is 0. The topological polar surface area (TPSA) is 9.23 Å². The van der Waals surface area contributed by atoms with Crippen molar-refractivity contribution in [3.05, 3.63) is 24.5 Å². The first kappa shape index (κ1) is 9.37. The molecular formula is C11H18O. The van der Waals surface area contributed by atoms with Gasteiger partial charge in [0.15, 0.2) is 0 Å². The Bertz CT molecular complexity index is 120. The number of allylic oxidation sites excluding steroid dienone is 2. The highest BCUT2D eigenvalue weighted by molar-refractivity contribution is 5.02. The van der Waals surface area contributed by atoms with Gasteiger partial charge < -0.3 is 4.74 Å². The van der Waals surface area contributed by atoms with E-state index < -0.39 is 0 Å². The lowest BCUT2D eigenvalue weighted by Gasteiger charge is -2.05. The molecule has 1 heterocycles. The molecular weight excluding hydrogens is 148 g/mol. The Morgan fingerprint density at radius 3 is 1.50 bits per heavy atom. The van der Waals surface area contributed by atoms with E-state index in [0.717, 1.165) is 6.61 Å². The molecule has 2 rings (SSSR count). The molecule has 0 aromatic heterocycles. The van der Waals surface area contributed by atoms with Crippen molar-refractivity contribution in [2.24, 2.45) is 0 Å². The molecule has 0 saturated heterocycles. The molecule has 68 valence electrons. The lowest BCUT2D eigenvalue weighted by atomic mass is 10.0. The largest absolute Gasteiger partial charge is 0.497 e. The summed E-state index contributed by atoms with van der Waals surface area (Å²) in [6.45, 7) is 0.733. The maximum absolute atomic E-state index is 4.80. The normalized spacial score (nSPS) is 20.7. The minimum Gasteiger partial charge on any atom is -0.497 e. The summed E-state index contributed by atoms with van der Waals surface area (Å²) in [4.78, 5) is 0. The van der Waals surface area contributed by atoms with Crippen LogP contribution >= 0.6 is 0 Å². The van der Waals surface area contributed by atoms with Gasteiger partial charge in [0.05, 0.1) is 6.26 Å². The van der Waals surface area contributed by atoms with Gasteiger partial charge in [-0.25, -0.2) is 0 Å². The third-order valence-electron chi connectivity index (χ3n) is 2.11. The quantitative estimate of drug-likeness (QED) is 0.535. The molecule has 1 aliphatic heterocycles. The number of hydrogen-bond donors (Lipinski definition) is 0. The predicted molar refractivity (Wildman–Crippen MR) is 51.9 cm³/mol. The highest BCUT2D eigenvalue weighted by Gasteiger charge is 1.95. The van der Waals surface area contributed by atoms with Crippen molar-refractivity contribution in [1.82, 2.24) is 0 Å². The first-order valence-corrected chi connectivity index (χ1v) is 4.93. The summed E-state index contributed by atoms with van der Waals surface area (Å²) in [5.41, 5.74) is 0. The first-order valence-electron chi connectivity index (χ1n) is 4.93. The average molecular weight is 166 g/mol. The monoisotopic (exact) mass is 166 g/mol. The van der Waals surface area contributed by atoms with Gasteiger partial charge in [0.25, 0.3) is 0 Å². The molecule has 1 saturated carbocycles. The van der Waals surface area contributed by atoms with Gasteiger partial charge in [0, 0.05) is 0 Å². The van der Waals surface area contributed by atoms with Gasteiger partial charge in [-0.15, -0.1) is 0 Å². The second kappa shape index (κ2) is 6.96. The van der Waals surface area contributed by atoms with Crippen molar-refractivity contribution in [2.45, 2.75) is 38.5 Å². The van der Waals surface area contributed by atoms with E-state index in [2.05, 4.69) is 0 Å². The van der Waals surface area contributed by atoms with Crippen LogP contribution in [0, 0.1) is 0 Å². The van der Waals surface area contributed by atoms with Crippen LogP contribution in [-0.4, -0.2) is 6.61 Å². The molecule has 0 aromatic carbocycles. The second-order valence-corrected chi connectivity index (χ2v) is 3.21. The zero-order valence-corrected chi connectivity index (χ0v) is 7.67. The Kier molecular flexibility index (Phi) is 5.43. The van der Waals surface area contributed by atoms with Crippen molar-refractivity contribution < 1.29 is 4.74 Å². The summed E-state index contributed by atoms with van der Waals surface area (Å²) in [6.07, 6.45) is 16.5. The third kappa shape index (κ3) is 5.00. The lowest BCUT2D eigenvalue weighted by Crippen LogP contribution is -1.85. The highest BCUT2D eigenvalue weighted by atomic mass is 16.5. The van der Waals surface area contributed by atoms with Gasteiger partial charge >= 0.3 is 0 Å². The van der Waals surface area contributed by atoms with E-state index in [1.807, 2.05) is 18.2 Å². The molecule has 1 nitrogen and oxygen atoms in total. The van der Waals surface area contributed by atoms with E-state index in [-0.39, 0.29) is 0 Å². The van der Waals surface area contributed by atoms with Gasteiger partial charge in [0.2, 0.25) is 0 Å². The Morgan fingerprint density at radius 1 is 0.750 bits per heavy atom. The van der Waals surface area contributed by atoms with Crippen LogP contribution in [0.1, 0.15) is 38.5 Å². The van der Waals surface area contributed by atoms with E-state index in [1.54, 1.807) is 6.26 Å². The zero-order valence-electron chi connectivity index (χ0n) is 7.67. The minimum absolute atomic E-state index is 0.733. The molecule has 0 aromatic rings. The highest BCUT2D eigenvalue weighted by Crippen LogP contribution is 2.15. The van der Waals surface area contributed by atoms with E-state index >= 15 is 0 Å². The van der Waals surface area contributed by atoms with Crippen LogP contribution in [0.5, 0.6) is 0 Å². The van der Waals surface area contributed by atoms with Crippen molar-refractivity contribution in [1.29, 1.82) is 0 Å². The van der Waals surface area contributed by atoms with E-state index in [0.29, 0.717) is 0 Å². The van der Waals surface area contributed by atoms with Crippen molar-refractivity contribution >= 4 is 0 Å². The number of rotatable bonds is 0. The zero-order chi connectivity index (χ0) is 8.49. The summed E-state index contributed by atoms with van der Waals surface area (Å²) in [5, 5.41) is 0. The van der Waals surface area contributed by atoms with Gasteiger partial charge in [-0.3, -0.25) is 0 Å². The molecule has 12 heavy (non-hydrogen) atoms. The standard InChI is InChI=1S/C6H12.C5H6O/c2*1-2-4-6-5-3-1/h1-6H2;1-4H,5H2. The summed E-state index contributed by atoms with van der Waals surface area (Å²) < 4.78 is 4.80. The van der Waals surface area contributed by atoms with Crippen molar-refractivity contribution in [3.63, 3.8) is 0 Å². The fourth-order valence-electron chi connectivity index (χ4n) is 1.41. The van der Waals surface area contributed by atoms with Crippen LogP contribution in [0.4, 0.5) is 0 Å². The maximum Gasteiger partial charge on any atom is 0.106 e. The Hall–Kier alpha value is -0.720. The van der Waals surface area contributed by atoms with Crippen LogP contribution in [0.25, 0.3) is 0 Å². The van der Waals surface area contributed by atoms with E-state index in [1.165, 1.54) is 38.5 Å². The van der Waals surface area contributed by atoms with Crippen LogP contribution in [0.2, 0.25) is 0 Å². The molecule has 1 heteroatoms. The Morgan fingerprint density at radius 2 is 1.33 bits per heavy atom. The Balaban J connectivity index is 0.000000120. The molecule has 0 N–H and O–H groups in total. The number of hydrogen-bond acceptors (Lipinski definition) is 1. The molecule has 0 amide bonds. The minimum atomic E-state index is 0.733. The second-order valence-electron chi connectivity index (χ2n) is 3.21. The van der Waals surface area contributed by atoms with Gasteiger partial charge in [-0.2, -0.15) is 0 Å². The van der Waals surface area contributed by atoms with E-state index in [4.69, 9.17) is 4.74 Å². The van der Waals surface area contributed by atoms with Crippen molar-refractivity contribution in [3.8, 4) is 0 Å². The lowest BCUT2D eigenvalue weighted by molar-refractivity contribution is 0.286. The van der Waals surface area contributed by atoms with Gasteiger partial charge in [-0.1, -0.05) is 44.6 Å². The number of ether oxygens (including phenoxy) is 1. The fourth-order valence-corrected chi connectivity index (χ4v) is 1.41. The molecule has 0 spiro atoms. The fraction of sp³-hybridized carbons (Fsp3) is 0.636.